The normalized spacial score (nSPS) is 20.6. The van der Waals surface area contributed by atoms with Gasteiger partial charge in [0.25, 0.3) is 5.79 Å². The average molecular weight is 267 g/mol. The molecule has 1 saturated carbocycles. The SMILES string of the molecule is NC(CCl)=Nc1ccc2c(c1)OC1(CCCC1)O2. The molecule has 0 radical (unpaired) electrons. The molecule has 0 aromatic heterocycles. The lowest BCUT2D eigenvalue weighted by Gasteiger charge is -2.21. The lowest BCUT2D eigenvalue weighted by molar-refractivity contribution is -0.0716. The highest BCUT2D eigenvalue weighted by Crippen LogP contribution is 2.47. The largest absolute Gasteiger partial charge is 0.448 e. The molecule has 1 aromatic rings. The molecule has 18 heavy (non-hydrogen) atoms. The quantitative estimate of drug-likeness (QED) is 0.509. The summed E-state index contributed by atoms with van der Waals surface area (Å²) in [6.07, 6.45) is 4.20. The van der Waals surface area contributed by atoms with Gasteiger partial charge in [-0.2, -0.15) is 0 Å². The summed E-state index contributed by atoms with van der Waals surface area (Å²) in [4.78, 5) is 4.20. The standard InChI is InChI=1S/C13H15ClN2O2/c14-8-12(15)16-9-3-4-10-11(7-9)18-13(17-10)5-1-2-6-13/h3-4,7H,1-2,5-6,8H2,(H2,15,16). The Morgan fingerprint density at radius 1 is 1.28 bits per heavy atom. The molecular formula is C13H15ClN2O2. The van der Waals surface area contributed by atoms with Crippen LogP contribution in [0.2, 0.25) is 0 Å². The maximum atomic E-state index is 5.95. The molecule has 1 aromatic carbocycles. The van der Waals surface area contributed by atoms with Gasteiger partial charge in [-0.3, -0.25) is 0 Å². The molecule has 1 aliphatic heterocycles. The molecule has 0 bridgehead atoms. The molecule has 0 atom stereocenters. The Bertz CT molecular complexity index is 496. The van der Waals surface area contributed by atoms with Gasteiger partial charge in [0.1, 0.15) is 5.84 Å². The van der Waals surface area contributed by atoms with Crippen molar-refractivity contribution in [2.45, 2.75) is 31.5 Å². The van der Waals surface area contributed by atoms with Crippen LogP contribution in [-0.2, 0) is 0 Å². The first kappa shape index (κ1) is 11.7. The minimum Gasteiger partial charge on any atom is -0.448 e. The maximum Gasteiger partial charge on any atom is 0.251 e. The van der Waals surface area contributed by atoms with Crippen LogP contribution in [0.3, 0.4) is 0 Å². The molecular weight excluding hydrogens is 252 g/mol. The molecule has 1 aliphatic carbocycles. The number of aliphatic imine (C=N–C) groups is 1. The number of halogens is 1. The van der Waals surface area contributed by atoms with Crippen LogP contribution in [0.1, 0.15) is 25.7 Å². The first-order valence-electron chi connectivity index (χ1n) is 6.12. The van der Waals surface area contributed by atoms with E-state index in [1.165, 1.54) is 0 Å². The molecule has 0 amide bonds. The summed E-state index contributed by atoms with van der Waals surface area (Å²) in [6, 6.07) is 5.58. The Kier molecular flexibility index (Phi) is 2.82. The van der Waals surface area contributed by atoms with Crippen molar-refractivity contribution in [2.75, 3.05) is 5.88 Å². The van der Waals surface area contributed by atoms with E-state index in [1.54, 1.807) is 0 Å². The molecule has 96 valence electrons. The summed E-state index contributed by atoms with van der Waals surface area (Å²) in [5.41, 5.74) is 6.35. The van der Waals surface area contributed by atoms with Crippen molar-refractivity contribution in [1.82, 2.24) is 0 Å². The van der Waals surface area contributed by atoms with Crippen molar-refractivity contribution < 1.29 is 9.47 Å². The van der Waals surface area contributed by atoms with Gasteiger partial charge >= 0.3 is 0 Å². The smallest absolute Gasteiger partial charge is 0.251 e. The van der Waals surface area contributed by atoms with Crippen molar-refractivity contribution in [3.05, 3.63) is 18.2 Å². The van der Waals surface area contributed by atoms with E-state index in [-0.39, 0.29) is 5.88 Å². The molecule has 4 nitrogen and oxygen atoms in total. The molecule has 1 fully saturated rings. The molecule has 5 heteroatoms. The second-order valence-electron chi connectivity index (χ2n) is 4.69. The Hall–Kier alpha value is -1.42. The Balaban J connectivity index is 1.86. The van der Waals surface area contributed by atoms with Crippen molar-refractivity contribution in [2.24, 2.45) is 10.7 Å². The zero-order chi connectivity index (χ0) is 12.6. The highest BCUT2D eigenvalue weighted by molar-refractivity contribution is 6.28. The first-order valence-corrected chi connectivity index (χ1v) is 6.65. The fourth-order valence-electron chi connectivity index (χ4n) is 2.47. The first-order chi connectivity index (χ1) is 8.71. The molecule has 1 heterocycles. The predicted molar refractivity (Wildman–Crippen MR) is 70.9 cm³/mol. The predicted octanol–water partition coefficient (Wildman–Crippen LogP) is 2.96. The van der Waals surface area contributed by atoms with E-state index in [0.717, 1.165) is 42.9 Å². The monoisotopic (exact) mass is 266 g/mol. The van der Waals surface area contributed by atoms with Crippen molar-refractivity contribution in [1.29, 1.82) is 0 Å². The number of amidine groups is 1. The number of hydrogen-bond donors (Lipinski definition) is 1. The van der Waals surface area contributed by atoms with Crippen LogP contribution in [0.15, 0.2) is 23.2 Å². The maximum absolute atomic E-state index is 5.95. The number of rotatable bonds is 2. The van der Waals surface area contributed by atoms with Crippen molar-refractivity contribution in [3.63, 3.8) is 0 Å². The van der Waals surface area contributed by atoms with E-state index in [2.05, 4.69) is 4.99 Å². The van der Waals surface area contributed by atoms with Gasteiger partial charge in [-0.1, -0.05) is 0 Å². The average Bonchev–Trinajstić information content (AvgIpc) is 2.95. The van der Waals surface area contributed by atoms with Crippen LogP contribution in [0.25, 0.3) is 0 Å². The topological polar surface area (TPSA) is 56.8 Å². The molecule has 2 N–H and O–H groups in total. The van der Waals surface area contributed by atoms with Crippen LogP contribution < -0.4 is 15.2 Å². The van der Waals surface area contributed by atoms with Crippen LogP contribution in [0.5, 0.6) is 11.5 Å². The van der Waals surface area contributed by atoms with E-state index in [9.17, 15) is 0 Å². The Labute approximate surface area is 111 Å². The van der Waals surface area contributed by atoms with Gasteiger partial charge in [0.15, 0.2) is 11.5 Å². The van der Waals surface area contributed by atoms with Crippen molar-refractivity contribution in [3.8, 4) is 11.5 Å². The van der Waals surface area contributed by atoms with Gasteiger partial charge in [-0.25, -0.2) is 4.99 Å². The summed E-state index contributed by atoms with van der Waals surface area (Å²) in [5, 5.41) is 0. The van der Waals surface area contributed by atoms with Crippen LogP contribution >= 0.6 is 11.6 Å². The van der Waals surface area contributed by atoms with Crippen molar-refractivity contribution >= 4 is 23.1 Å². The van der Waals surface area contributed by atoms with Gasteiger partial charge in [-0.05, 0) is 25.0 Å². The van der Waals surface area contributed by atoms with E-state index >= 15 is 0 Å². The van der Waals surface area contributed by atoms with E-state index in [0.29, 0.717) is 5.84 Å². The van der Waals surface area contributed by atoms with Gasteiger partial charge in [-0.15, -0.1) is 11.6 Å². The third-order valence-electron chi connectivity index (χ3n) is 3.29. The number of nitrogens with two attached hydrogens (primary N) is 1. The third-order valence-corrected chi connectivity index (χ3v) is 3.57. The zero-order valence-corrected chi connectivity index (χ0v) is 10.7. The number of hydrogen-bond acceptors (Lipinski definition) is 3. The highest BCUT2D eigenvalue weighted by Gasteiger charge is 2.43. The Morgan fingerprint density at radius 3 is 2.72 bits per heavy atom. The summed E-state index contributed by atoms with van der Waals surface area (Å²) < 4.78 is 11.9. The number of alkyl halides is 1. The number of benzene rings is 1. The van der Waals surface area contributed by atoms with Crippen LogP contribution in [-0.4, -0.2) is 17.5 Å². The molecule has 2 aliphatic rings. The third kappa shape index (κ3) is 2.01. The van der Waals surface area contributed by atoms with Gasteiger partial charge in [0.05, 0.1) is 11.6 Å². The molecule has 1 spiro atoms. The van der Waals surface area contributed by atoms with E-state index < -0.39 is 5.79 Å². The lowest BCUT2D eigenvalue weighted by atomic mass is 10.2. The summed E-state index contributed by atoms with van der Waals surface area (Å²) >= 11 is 5.61. The van der Waals surface area contributed by atoms with Gasteiger partial charge in [0.2, 0.25) is 0 Å². The fourth-order valence-corrected chi connectivity index (χ4v) is 2.53. The summed E-state index contributed by atoms with van der Waals surface area (Å²) in [7, 11) is 0. The van der Waals surface area contributed by atoms with Crippen LogP contribution in [0.4, 0.5) is 5.69 Å². The molecule has 0 saturated heterocycles. The summed E-state index contributed by atoms with van der Waals surface area (Å²) in [6.45, 7) is 0. The minimum absolute atomic E-state index is 0.221. The second-order valence-corrected chi connectivity index (χ2v) is 4.96. The van der Waals surface area contributed by atoms with Crippen LogP contribution in [0, 0.1) is 0 Å². The Morgan fingerprint density at radius 2 is 2.00 bits per heavy atom. The number of nitrogens with zero attached hydrogens (tertiary/aromatic N) is 1. The number of fused-ring (bicyclic) bond motifs is 1. The van der Waals surface area contributed by atoms with E-state index in [1.807, 2.05) is 18.2 Å². The molecule has 0 unspecified atom stereocenters. The number of ether oxygens (including phenoxy) is 2. The minimum atomic E-state index is -0.428. The molecule has 3 rings (SSSR count). The highest BCUT2D eigenvalue weighted by atomic mass is 35.5. The summed E-state index contributed by atoms with van der Waals surface area (Å²) in [5.74, 6) is 1.73. The second kappa shape index (κ2) is 4.35. The van der Waals surface area contributed by atoms with E-state index in [4.69, 9.17) is 26.8 Å². The van der Waals surface area contributed by atoms with Gasteiger partial charge in [0, 0.05) is 18.9 Å². The zero-order valence-electron chi connectivity index (χ0n) is 9.99. The lowest BCUT2D eigenvalue weighted by Crippen LogP contribution is -2.34. The fraction of sp³-hybridized carbons (Fsp3) is 0.462. The van der Waals surface area contributed by atoms with Gasteiger partial charge < -0.3 is 15.2 Å².